The second-order valence-corrected chi connectivity index (χ2v) is 7.31. The molecule has 1 fully saturated rings. The van der Waals surface area contributed by atoms with E-state index in [-0.39, 0.29) is 16.8 Å². The van der Waals surface area contributed by atoms with E-state index in [1.807, 2.05) is 54.8 Å². The molecule has 1 saturated heterocycles. The summed E-state index contributed by atoms with van der Waals surface area (Å²) in [5.74, 6) is -2.84. The highest BCUT2D eigenvalue weighted by atomic mass is 16.4. The fourth-order valence-corrected chi connectivity index (χ4v) is 3.73. The monoisotopic (exact) mass is 429 g/mol. The lowest BCUT2D eigenvalue weighted by Crippen LogP contribution is -2.54. The highest BCUT2D eigenvalue weighted by Gasteiger charge is 2.37. The zero-order chi connectivity index (χ0) is 23.0. The Morgan fingerprint density at radius 1 is 0.938 bits per heavy atom. The van der Waals surface area contributed by atoms with Crippen molar-refractivity contribution in [2.45, 2.75) is 13.8 Å². The molecule has 2 aromatic carbocycles. The minimum Gasteiger partial charge on any atom is -0.478 e. The third-order valence-corrected chi connectivity index (χ3v) is 5.24. The Morgan fingerprint density at radius 2 is 1.62 bits per heavy atom. The number of anilines is 1. The highest BCUT2D eigenvalue weighted by molar-refractivity contribution is 6.39. The Balaban J connectivity index is 1.76. The molecule has 0 radical (unpaired) electrons. The van der Waals surface area contributed by atoms with Gasteiger partial charge in [0.1, 0.15) is 5.57 Å². The van der Waals surface area contributed by atoms with Gasteiger partial charge >= 0.3 is 12.0 Å². The van der Waals surface area contributed by atoms with Crippen LogP contribution in [-0.4, -0.2) is 33.5 Å². The lowest BCUT2D eigenvalue weighted by atomic mass is 10.1. The third kappa shape index (κ3) is 3.58. The maximum Gasteiger partial charge on any atom is 0.335 e. The minimum absolute atomic E-state index is 0.0561. The highest BCUT2D eigenvalue weighted by Crippen LogP contribution is 2.26. The number of urea groups is 1. The third-order valence-electron chi connectivity index (χ3n) is 5.24. The van der Waals surface area contributed by atoms with Crippen LogP contribution in [0.2, 0.25) is 0 Å². The molecule has 160 valence electrons. The zero-order valence-corrected chi connectivity index (χ0v) is 17.3. The first-order chi connectivity index (χ1) is 15.3. The van der Waals surface area contributed by atoms with Gasteiger partial charge in [-0.1, -0.05) is 24.3 Å². The van der Waals surface area contributed by atoms with E-state index in [4.69, 9.17) is 0 Å². The van der Waals surface area contributed by atoms with Crippen LogP contribution in [0.1, 0.15) is 27.3 Å². The molecule has 3 aromatic rings. The molecule has 0 spiro atoms. The van der Waals surface area contributed by atoms with Crippen molar-refractivity contribution in [1.29, 1.82) is 0 Å². The summed E-state index contributed by atoms with van der Waals surface area (Å²) in [6.45, 7) is 3.79. The number of nitrogens with zero attached hydrogens (tertiary/aromatic N) is 2. The molecule has 8 heteroatoms. The van der Waals surface area contributed by atoms with E-state index in [1.165, 1.54) is 30.3 Å². The number of hydrogen-bond donors (Lipinski definition) is 2. The number of aromatic carboxylic acids is 1. The Labute approximate surface area is 183 Å². The molecule has 0 aliphatic carbocycles. The molecule has 32 heavy (non-hydrogen) atoms. The number of barbiturate groups is 1. The molecule has 1 aromatic heterocycles. The first kappa shape index (κ1) is 20.8. The predicted molar refractivity (Wildman–Crippen MR) is 118 cm³/mol. The molecule has 0 saturated carbocycles. The average Bonchev–Trinajstić information content (AvgIpc) is 3.04. The predicted octanol–water partition coefficient (Wildman–Crippen LogP) is 3.46. The summed E-state index contributed by atoms with van der Waals surface area (Å²) >= 11 is 0. The number of nitrogens with one attached hydrogen (secondary N) is 1. The lowest BCUT2D eigenvalue weighted by Gasteiger charge is -2.26. The van der Waals surface area contributed by atoms with E-state index in [2.05, 4.69) is 5.32 Å². The summed E-state index contributed by atoms with van der Waals surface area (Å²) in [6, 6.07) is 16.0. The van der Waals surface area contributed by atoms with E-state index in [0.29, 0.717) is 5.56 Å². The Bertz CT molecular complexity index is 1300. The van der Waals surface area contributed by atoms with Crippen LogP contribution in [0.3, 0.4) is 0 Å². The van der Waals surface area contributed by atoms with Gasteiger partial charge in [0.05, 0.1) is 11.3 Å². The molecule has 4 rings (SSSR count). The summed E-state index contributed by atoms with van der Waals surface area (Å²) in [5, 5.41) is 11.4. The maximum atomic E-state index is 13.1. The standard InChI is InChI=1S/C24H19N3O5/c1-14-11-17(15(2)26(14)18-8-4-3-5-9-18)13-20-21(28)25-24(32)27(22(20)29)19-10-6-7-16(12-19)23(30)31/h3-13H,1-2H3,(H,30,31)(H,25,28,32)/b20-13-. The quantitative estimate of drug-likeness (QED) is 0.488. The van der Waals surface area contributed by atoms with Crippen molar-refractivity contribution in [3.8, 4) is 5.69 Å². The summed E-state index contributed by atoms with van der Waals surface area (Å²) in [7, 11) is 0. The van der Waals surface area contributed by atoms with Crippen LogP contribution in [0.15, 0.2) is 66.2 Å². The number of imide groups is 2. The van der Waals surface area contributed by atoms with Gasteiger partial charge in [-0.25, -0.2) is 14.5 Å². The maximum absolute atomic E-state index is 13.1. The second-order valence-electron chi connectivity index (χ2n) is 7.31. The van der Waals surface area contributed by atoms with Gasteiger partial charge < -0.3 is 9.67 Å². The van der Waals surface area contributed by atoms with Gasteiger partial charge in [0.25, 0.3) is 11.8 Å². The molecule has 2 heterocycles. The van der Waals surface area contributed by atoms with Crippen LogP contribution < -0.4 is 10.2 Å². The normalized spacial score (nSPS) is 15.2. The molecular weight excluding hydrogens is 410 g/mol. The van der Waals surface area contributed by atoms with Gasteiger partial charge in [0.15, 0.2) is 0 Å². The summed E-state index contributed by atoms with van der Waals surface area (Å²) < 4.78 is 2.00. The van der Waals surface area contributed by atoms with Crippen molar-refractivity contribution < 1.29 is 24.3 Å². The van der Waals surface area contributed by atoms with Gasteiger partial charge in [-0.2, -0.15) is 0 Å². The number of carboxylic acid groups (broad SMARTS) is 1. The minimum atomic E-state index is -1.20. The number of carboxylic acids is 1. The average molecular weight is 429 g/mol. The van der Waals surface area contributed by atoms with Crippen LogP contribution in [0, 0.1) is 13.8 Å². The molecular formula is C24H19N3O5. The molecule has 8 nitrogen and oxygen atoms in total. The number of hydrogen-bond acceptors (Lipinski definition) is 4. The molecule has 1 aliphatic rings. The number of para-hydroxylation sites is 1. The van der Waals surface area contributed by atoms with Crippen LogP contribution in [0.4, 0.5) is 10.5 Å². The van der Waals surface area contributed by atoms with Gasteiger partial charge in [-0.3, -0.25) is 14.9 Å². The number of aromatic nitrogens is 1. The van der Waals surface area contributed by atoms with Crippen molar-refractivity contribution in [1.82, 2.24) is 9.88 Å². The number of amides is 4. The first-order valence-electron chi connectivity index (χ1n) is 9.77. The van der Waals surface area contributed by atoms with Gasteiger partial charge in [0.2, 0.25) is 0 Å². The lowest BCUT2D eigenvalue weighted by molar-refractivity contribution is -0.122. The number of benzene rings is 2. The Morgan fingerprint density at radius 3 is 2.31 bits per heavy atom. The van der Waals surface area contributed by atoms with Gasteiger partial charge in [-0.05, 0) is 61.9 Å². The topological polar surface area (TPSA) is 109 Å². The summed E-state index contributed by atoms with van der Waals surface area (Å²) in [4.78, 5) is 50.1. The molecule has 0 bridgehead atoms. The Hall–Kier alpha value is -4.46. The molecule has 0 unspecified atom stereocenters. The molecule has 0 atom stereocenters. The van der Waals surface area contributed by atoms with Crippen molar-refractivity contribution in [2.24, 2.45) is 0 Å². The SMILES string of the molecule is Cc1cc(/C=C2/C(=O)NC(=O)N(c3cccc(C(=O)O)c3)C2=O)c(C)n1-c1ccccc1. The van der Waals surface area contributed by atoms with Crippen molar-refractivity contribution in [3.05, 3.63) is 88.8 Å². The number of aryl methyl sites for hydroxylation is 1. The summed E-state index contributed by atoms with van der Waals surface area (Å²) in [6.07, 6.45) is 1.44. The van der Waals surface area contributed by atoms with E-state index < -0.39 is 23.8 Å². The fourth-order valence-electron chi connectivity index (χ4n) is 3.73. The van der Waals surface area contributed by atoms with E-state index in [9.17, 15) is 24.3 Å². The van der Waals surface area contributed by atoms with Crippen molar-refractivity contribution in [2.75, 3.05) is 4.90 Å². The van der Waals surface area contributed by atoms with Crippen molar-refractivity contribution in [3.63, 3.8) is 0 Å². The van der Waals surface area contributed by atoms with E-state index >= 15 is 0 Å². The van der Waals surface area contributed by atoms with Crippen LogP contribution in [0.25, 0.3) is 11.8 Å². The van der Waals surface area contributed by atoms with Crippen LogP contribution in [0.5, 0.6) is 0 Å². The smallest absolute Gasteiger partial charge is 0.335 e. The molecule has 2 N–H and O–H groups in total. The molecule has 1 aliphatic heterocycles. The van der Waals surface area contributed by atoms with Gasteiger partial charge in [-0.15, -0.1) is 0 Å². The number of carbonyl (C=O) groups excluding carboxylic acids is 3. The van der Waals surface area contributed by atoms with Crippen LogP contribution in [-0.2, 0) is 9.59 Å². The van der Waals surface area contributed by atoms with E-state index in [0.717, 1.165) is 22.0 Å². The van der Waals surface area contributed by atoms with Crippen LogP contribution >= 0.6 is 0 Å². The number of rotatable bonds is 4. The van der Waals surface area contributed by atoms with E-state index in [1.54, 1.807) is 0 Å². The second kappa shape index (κ2) is 7.99. The Kier molecular flexibility index (Phi) is 5.19. The number of carbonyl (C=O) groups is 4. The fraction of sp³-hybridized carbons (Fsp3) is 0.0833. The largest absolute Gasteiger partial charge is 0.478 e. The first-order valence-corrected chi connectivity index (χ1v) is 9.77. The summed E-state index contributed by atoms with van der Waals surface area (Å²) in [5.41, 5.74) is 3.06. The van der Waals surface area contributed by atoms with Gasteiger partial charge in [0, 0.05) is 17.1 Å². The molecule has 4 amide bonds. The van der Waals surface area contributed by atoms with Crippen molar-refractivity contribution >= 4 is 35.6 Å². The zero-order valence-electron chi connectivity index (χ0n) is 17.3.